The van der Waals surface area contributed by atoms with E-state index in [2.05, 4.69) is 36.5 Å². The molecule has 1 heterocycles. The molecule has 2 rings (SSSR count). The summed E-state index contributed by atoms with van der Waals surface area (Å²) in [4.78, 5) is 0. The number of rotatable bonds is 1. The molecule has 0 radical (unpaired) electrons. The summed E-state index contributed by atoms with van der Waals surface area (Å²) in [5, 5.41) is 3.34. The average Bonchev–Trinajstić information content (AvgIpc) is 2.20. The van der Waals surface area contributed by atoms with Gasteiger partial charge in [-0.2, -0.15) is 0 Å². The maximum atomic E-state index is 5.68. The van der Waals surface area contributed by atoms with Crippen LogP contribution in [0.2, 0.25) is 0 Å². The number of hydrogen-bond donors (Lipinski definition) is 1. The number of hydrogen-bond acceptors (Lipinski definition) is 2. The van der Waals surface area contributed by atoms with Crippen molar-refractivity contribution < 1.29 is 4.74 Å². The molecule has 1 atom stereocenters. The Labute approximate surface area is 91.1 Å². The van der Waals surface area contributed by atoms with Crippen LogP contribution in [0, 0.1) is 6.92 Å². The lowest BCUT2D eigenvalue weighted by molar-refractivity contribution is 0.0273. The van der Waals surface area contributed by atoms with Crippen molar-refractivity contribution in [3.63, 3.8) is 0 Å². The molecule has 1 aliphatic heterocycles. The van der Waals surface area contributed by atoms with Gasteiger partial charge in [0.2, 0.25) is 0 Å². The minimum Gasteiger partial charge on any atom is -0.371 e. The standard InChI is InChI=1S/C11H15NO.ClH/c1-9-4-2-3-5-10(9)11-8-12-6-7-13-11;/h2-5,11-12H,6-8H2,1H3;1H. The Balaban J connectivity index is 0.000000980. The Morgan fingerprint density at radius 1 is 1.36 bits per heavy atom. The van der Waals surface area contributed by atoms with Gasteiger partial charge in [0.25, 0.3) is 0 Å². The third-order valence-electron chi connectivity index (χ3n) is 2.46. The highest BCUT2D eigenvalue weighted by atomic mass is 35.5. The summed E-state index contributed by atoms with van der Waals surface area (Å²) in [6, 6.07) is 8.41. The van der Waals surface area contributed by atoms with Crippen molar-refractivity contribution in [2.75, 3.05) is 19.7 Å². The Morgan fingerprint density at radius 3 is 2.79 bits per heavy atom. The van der Waals surface area contributed by atoms with Crippen molar-refractivity contribution in [3.8, 4) is 0 Å². The lowest BCUT2D eigenvalue weighted by Crippen LogP contribution is -2.33. The number of benzene rings is 1. The van der Waals surface area contributed by atoms with Gasteiger partial charge in [-0.3, -0.25) is 0 Å². The van der Waals surface area contributed by atoms with Crippen LogP contribution in [0.3, 0.4) is 0 Å². The third kappa shape index (κ3) is 2.47. The fourth-order valence-electron chi connectivity index (χ4n) is 1.71. The largest absolute Gasteiger partial charge is 0.371 e. The molecule has 0 amide bonds. The van der Waals surface area contributed by atoms with Gasteiger partial charge < -0.3 is 10.1 Å². The van der Waals surface area contributed by atoms with Crippen LogP contribution in [0.15, 0.2) is 24.3 Å². The van der Waals surface area contributed by atoms with E-state index in [0.717, 1.165) is 19.7 Å². The summed E-state index contributed by atoms with van der Waals surface area (Å²) < 4.78 is 5.68. The molecule has 0 spiro atoms. The Hall–Kier alpha value is -0.570. The number of ether oxygens (including phenoxy) is 1. The number of aryl methyl sites for hydroxylation is 1. The highest BCUT2D eigenvalue weighted by Crippen LogP contribution is 2.21. The second-order valence-electron chi connectivity index (χ2n) is 3.42. The summed E-state index contributed by atoms with van der Waals surface area (Å²) in [6.07, 6.45) is 0.245. The summed E-state index contributed by atoms with van der Waals surface area (Å²) in [6.45, 7) is 4.86. The van der Waals surface area contributed by atoms with E-state index in [9.17, 15) is 0 Å². The Kier molecular flexibility index (Phi) is 4.39. The zero-order valence-electron chi connectivity index (χ0n) is 8.32. The first-order chi connectivity index (χ1) is 6.38. The van der Waals surface area contributed by atoms with E-state index in [1.54, 1.807) is 0 Å². The molecule has 14 heavy (non-hydrogen) atoms. The number of morpholine rings is 1. The molecular weight excluding hydrogens is 198 g/mol. The van der Waals surface area contributed by atoms with E-state index in [1.165, 1.54) is 11.1 Å². The second-order valence-corrected chi connectivity index (χ2v) is 3.42. The quantitative estimate of drug-likeness (QED) is 0.772. The van der Waals surface area contributed by atoms with Gasteiger partial charge in [0.15, 0.2) is 0 Å². The van der Waals surface area contributed by atoms with Crippen LogP contribution in [0.1, 0.15) is 17.2 Å². The van der Waals surface area contributed by atoms with E-state index >= 15 is 0 Å². The van der Waals surface area contributed by atoms with Crippen molar-refractivity contribution in [1.29, 1.82) is 0 Å². The molecule has 1 aromatic carbocycles. The zero-order chi connectivity index (χ0) is 9.10. The topological polar surface area (TPSA) is 21.3 Å². The molecule has 1 fully saturated rings. The molecule has 78 valence electrons. The predicted molar refractivity (Wildman–Crippen MR) is 60.0 cm³/mol. The van der Waals surface area contributed by atoms with Gasteiger partial charge in [-0.1, -0.05) is 24.3 Å². The van der Waals surface area contributed by atoms with Crippen molar-refractivity contribution in [1.82, 2.24) is 5.32 Å². The van der Waals surface area contributed by atoms with Gasteiger partial charge in [-0.25, -0.2) is 0 Å². The van der Waals surface area contributed by atoms with Crippen molar-refractivity contribution in [3.05, 3.63) is 35.4 Å². The predicted octanol–water partition coefficient (Wildman–Crippen LogP) is 2.08. The van der Waals surface area contributed by atoms with Gasteiger partial charge in [0, 0.05) is 13.1 Å². The summed E-state index contributed by atoms with van der Waals surface area (Å²) in [5.41, 5.74) is 2.63. The fourth-order valence-corrected chi connectivity index (χ4v) is 1.71. The van der Waals surface area contributed by atoms with Crippen LogP contribution in [0.5, 0.6) is 0 Å². The smallest absolute Gasteiger partial charge is 0.0952 e. The maximum absolute atomic E-state index is 5.68. The number of halogens is 1. The lowest BCUT2D eigenvalue weighted by atomic mass is 10.0. The van der Waals surface area contributed by atoms with E-state index in [0.29, 0.717) is 0 Å². The maximum Gasteiger partial charge on any atom is 0.0952 e. The van der Waals surface area contributed by atoms with Gasteiger partial charge in [0.1, 0.15) is 0 Å². The van der Waals surface area contributed by atoms with Crippen LogP contribution >= 0.6 is 12.4 Å². The van der Waals surface area contributed by atoms with E-state index < -0.39 is 0 Å². The van der Waals surface area contributed by atoms with Gasteiger partial charge >= 0.3 is 0 Å². The lowest BCUT2D eigenvalue weighted by Gasteiger charge is -2.25. The molecular formula is C11H16ClNO. The van der Waals surface area contributed by atoms with Gasteiger partial charge in [0.05, 0.1) is 12.7 Å². The first kappa shape index (κ1) is 11.5. The molecule has 3 heteroatoms. The molecule has 0 aliphatic carbocycles. The highest BCUT2D eigenvalue weighted by Gasteiger charge is 2.16. The first-order valence-electron chi connectivity index (χ1n) is 4.76. The minimum atomic E-state index is 0. The second kappa shape index (κ2) is 5.35. The van der Waals surface area contributed by atoms with Crippen molar-refractivity contribution in [2.45, 2.75) is 13.0 Å². The van der Waals surface area contributed by atoms with Crippen LogP contribution in [0.4, 0.5) is 0 Å². The van der Waals surface area contributed by atoms with Crippen LogP contribution in [0.25, 0.3) is 0 Å². The van der Waals surface area contributed by atoms with Crippen molar-refractivity contribution in [2.24, 2.45) is 0 Å². The average molecular weight is 214 g/mol. The highest BCUT2D eigenvalue weighted by molar-refractivity contribution is 5.85. The molecule has 1 aliphatic rings. The molecule has 1 unspecified atom stereocenters. The summed E-state index contributed by atoms with van der Waals surface area (Å²) in [7, 11) is 0. The fraction of sp³-hybridized carbons (Fsp3) is 0.455. The van der Waals surface area contributed by atoms with E-state index in [-0.39, 0.29) is 18.5 Å². The first-order valence-corrected chi connectivity index (χ1v) is 4.76. The Morgan fingerprint density at radius 2 is 2.14 bits per heavy atom. The molecule has 0 aromatic heterocycles. The van der Waals surface area contributed by atoms with Crippen LogP contribution < -0.4 is 5.32 Å². The SMILES string of the molecule is Cc1ccccc1C1CNCCO1.Cl. The number of nitrogens with one attached hydrogen (secondary N) is 1. The van der Waals surface area contributed by atoms with Gasteiger partial charge in [-0.05, 0) is 18.1 Å². The molecule has 2 nitrogen and oxygen atoms in total. The van der Waals surface area contributed by atoms with E-state index in [1.807, 2.05) is 0 Å². The van der Waals surface area contributed by atoms with E-state index in [4.69, 9.17) is 4.74 Å². The summed E-state index contributed by atoms with van der Waals surface area (Å²) >= 11 is 0. The van der Waals surface area contributed by atoms with Gasteiger partial charge in [-0.15, -0.1) is 12.4 Å². The summed E-state index contributed by atoms with van der Waals surface area (Å²) in [5.74, 6) is 0. The third-order valence-corrected chi connectivity index (χ3v) is 2.46. The zero-order valence-corrected chi connectivity index (χ0v) is 9.14. The monoisotopic (exact) mass is 213 g/mol. The Bertz CT molecular complexity index is 284. The molecule has 1 aromatic rings. The normalized spacial score (nSPS) is 21.4. The van der Waals surface area contributed by atoms with Crippen LogP contribution in [-0.2, 0) is 4.74 Å². The molecule has 0 bridgehead atoms. The molecule has 1 N–H and O–H groups in total. The minimum absolute atomic E-state index is 0. The molecule has 1 saturated heterocycles. The molecule has 0 saturated carbocycles. The van der Waals surface area contributed by atoms with Crippen molar-refractivity contribution >= 4 is 12.4 Å². The van der Waals surface area contributed by atoms with Crippen LogP contribution in [-0.4, -0.2) is 19.7 Å².